The molecule has 78 valence electrons. The van der Waals surface area contributed by atoms with Gasteiger partial charge in [-0.05, 0) is 18.4 Å². The Bertz CT molecular complexity index is 233. The van der Waals surface area contributed by atoms with Crippen molar-refractivity contribution >= 4 is 0 Å². The molecule has 1 atom stereocenters. The predicted octanol–water partition coefficient (Wildman–Crippen LogP) is 2.25. The monoisotopic (exact) mass is 192 g/mol. The van der Waals surface area contributed by atoms with Crippen LogP contribution in [0.5, 0.6) is 0 Å². The average molecular weight is 192 g/mol. The number of rotatable bonds is 6. The first-order chi connectivity index (χ1) is 6.86. The lowest BCUT2D eigenvalue weighted by atomic mass is 10.0. The number of nitrogens with two attached hydrogens (primary N) is 1. The summed E-state index contributed by atoms with van der Waals surface area (Å²) in [6, 6.07) is 10.9. The first-order valence-corrected chi connectivity index (χ1v) is 5.37. The van der Waals surface area contributed by atoms with Crippen molar-refractivity contribution in [1.29, 1.82) is 0 Å². The van der Waals surface area contributed by atoms with Crippen LogP contribution >= 0.6 is 0 Å². The van der Waals surface area contributed by atoms with Crippen molar-refractivity contribution in [2.75, 3.05) is 0 Å². The van der Waals surface area contributed by atoms with E-state index in [2.05, 4.69) is 36.6 Å². The van der Waals surface area contributed by atoms with Crippen LogP contribution in [0.1, 0.15) is 31.7 Å². The van der Waals surface area contributed by atoms with E-state index >= 15 is 0 Å². The Hall–Kier alpha value is -0.860. The molecule has 1 aromatic rings. The zero-order chi connectivity index (χ0) is 10.2. The van der Waals surface area contributed by atoms with E-state index in [0.717, 1.165) is 12.8 Å². The fourth-order valence-electron chi connectivity index (χ4n) is 1.59. The maximum absolute atomic E-state index is 5.51. The Morgan fingerprint density at radius 1 is 1.29 bits per heavy atom. The molecule has 0 saturated carbocycles. The second-order valence-electron chi connectivity index (χ2n) is 3.70. The van der Waals surface area contributed by atoms with Gasteiger partial charge in [0.15, 0.2) is 0 Å². The average Bonchev–Trinajstić information content (AvgIpc) is 2.25. The number of hydrogen-bond donors (Lipinski definition) is 2. The molecule has 3 N–H and O–H groups in total. The highest BCUT2D eigenvalue weighted by atomic mass is 15.2. The highest BCUT2D eigenvalue weighted by molar-refractivity contribution is 5.15. The van der Waals surface area contributed by atoms with Gasteiger partial charge in [0, 0.05) is 6.04 Å². The molecular weight excluding hydrogens is 172 g/mol. The Morgan fingerprint density at radius 3 is 2.57 bits per heavy atom. The van der Waals surface area contributed by atoms with Crippen molar-refractivity contribution in [3.8, 4) is 0 Å². The van der Waals surface area contributed by atoms with Crippen molar-refractivity contribution in [3.63, 3.8) is 0 Å². The normalized spacial score (nSPS) is 12.7. The quantitative estimate of drug-likeness (QED) is 0.536. The van der Waals surface area contributed by atoms with Gasteiger partial charge in [-0.15, -0.1) is 0 Å². The van der Waals surface area contributed by atoms with Crippen molar-refractivity contribution < 1.29 is 0 Å². The highest BCUT2D eigenvalue weighted by Crippen LogP contribution is 2.07. The summed E-state index contributed by atoms with van der Waals surface area (Å²) in [7, 11) is 0. The number of benzene rings is 1. The molecule has 0 heterocycles. The van der Waals surface area contributed by atoms with Gasteiger partial charge in [0.25, 0.3) is 0 Å². The Labute approximate surface area is 86.5 Å². The van der Waals surface area contributed by atoms with Gasteiger partial charge in [-0.1, -0.05) is 50.1 Å². The molecule has 0 fully saturated rings. The number of hydrogen-bond acceptors (Lipinski definition) is 2. The summed E-state index contributed by atoms with van der Waals surface area (Å²) in [5, 5.41) is 0. The van der Waals surface area contributed by atoms with E-state index in [1.165, 1.54) is 18.4 Å². The molecule has 0 radical (unpaired) electrons. The lowest BCUT2D eigenvalue weighted by Crippen LogP contribution is -2.36. The Kier molecular flexibility index (Phi) is 5.27. The molecule has 14 heavy (non-hydrogen) atoms. The van der Waals surface area contributed by atoms with Crippen LogP contribution in [0, 0.1) is 0 Å². The number of unbranched alkanes of at least 4 members (excludes halogenated alkanes) is 1. The molecule has 0 aliphatic rings. The Morgan fingerprint density at radius 2 is 2.00 bits per heavy atom. The molecule has 0 spiro atoms. The minimum atomic E-state index is 0.414. The fourth-order valence-corrected chi connectivity index (χ4v) is 1.59. The van der Waals surface area contributed by atoms with E-state index in [1.54, 1.807) is 0 Å². The fraction of sp³-hybridized carbons (Fsp3) is 0.500. The van der Waals surface area contributed by atoms with Crippen LogP contribution in [-0.2, 0) is 6.42 Å². The minimum absolute atomic E-state index is 0.414. The summed E-state index contributed by atoms with van der Waals surface area (Å²) < 4.78 is 0. The third kappa shape index (κ3) is 3.90. The summed E-state index contributed by atoms with van der Waals surface area (Å²) >= 11 is 0. The largest absolute Gasteiger partial charge is 0.271 e. The summed E-state index contributed by atoms with van der Waals surface area (Å²) in [6.45, 7) is 2.20. The molecule has 0 saturated heterocycles. The van der Waals surface area contributed by atoms with Gasteiger partial charge in [-0.2, -0.15) is 0 Å². The van der Waals surface area contributed by atoms with Crippen molar-refractivity contribution in [2.24, 2.45) is 5.84 Å². The highest BCUT2D eigenvalue weighted by Gasteiger charge is 2.05. The van der Waals surface area contributed by atoms with Crippen LogP contribution in [0.4, 0.5) is 0 Å². The van der Waals surface area contributed by atoms with Gasteiger partial charge in [0.2, 0.25) is 0 Å². The molecule has 0 aliphatic heterocycles. The van der Waals surface area contributed by atoms with Crippen LogP contribution in [-0.4, -0.2) is 6.04 Å². The topological polar surface area (TPSA) is 38.0 Å². The van der Waals surface area contributed by atoms with E-state index in [-0.39, 0.29) is 0 Å². The summed E-state index contributed by atoms with van der Waals surface area (Å²) in [6.07, 6.45) is 4.65. The molecule has 2 nitrogen and oxygen atoms in total. The van der Waals surface area contributed by atoms with Gasteiger partial charge in [0.05, 0.1) is 0 Å². The van der Waals surface area contributed by atoms with Crippen LogP contribution < -0.4 is 11.3 Å². The molecule has 0 unspecified atom stereocenters. The van der Waals surface area contributed by atoms with Crippen LogP contribution in [0.15, 0.2) is 30.3 Å². The molecule has 1 aromatic carbocycles. The molecular formula is C12H20N2. The molecule has 0 bridgehead atoms. The standard InChI is InChI=1S/C12H20N2/c1-2-3-9-12(14-13)10-11-7-5-4-6-8-11/h4-8,12,14H,2-3,9-10,13H2,1H3/t12-/m0/s1. The lowest BCUT2D eigenvalue weighted by Gasteiger charge is -2.15. The molecule has 0 aliphatic carbocycles. The van der Waals surface area contributed by atoms with E-state index in [4.69, 9.17) is 5.84 Å². The van der Waals surface area contributed by atoms with Gasteiger partial charge in [0.1, 0.15) is 0 Å². The zero-order valence-electron chi connectivity index (χ0n) is 8.87. The van der Waals surface area contributed by atoms with Crippen molar-refractivity contribution in [1.82, 2.24) is 5.43 Å². The molecule has 2 heteroatoms. The third-order valence-electron chi connectivity index (χ3n) is 2.47. The van der Waals surface area contributed by atoms with Crippen LogP contribution in [0.25, 0.3) is 0 Å². The zero-order valence-corrected chi connectivity index (χ0v) is 8.87. The molecule has 0 amide bonds. The van der Waals surface area contributed by atoms with Crippen molar-refractivity contribution in [2.45, 2.75) is 38.6 Å². The van der Waals surface area contributed by atoms with E-state index < -0.39 is 0 Å². The van der Waals surface area contributed by atoms with E-state index in [1.807, 2.05) is 6.07 Å². The second kappa shape index (κ2) is 6.57. The maximum atomic E-state index is 5.51. The lowest BCUT2D eigenvalue weighted by molar-refractivity contribution is 0.473. The first kappa shape index (κ1) is 11.2. The molecule has 1 rings (SSSR count). The minimum Gasteiger partial charge on any atom is -0.271 e. The predicted molar refractivity (Wildman–Crippen MR) is 60.8 cm³/mol. The second-order valence-corrected chi connectivity index (χ2v) is 3.70. The summed E-state index contributed by atoms with van der Waals surface area (Å²) in [5.74, 6) is 5.51. The number of nitrogens with one attached hydrogen (secondary N) is 1. The Balaban J connectivity index is 2.40. The van der Waals surface area contributed by atoms with Gasteiger partial charge >= 0.3 is 0 Å². The summed E-state index contributed by atoms with van der Waals surface area (Å²) in [4.78, 5) is 0. The van der Waals surface area contributed by atoms with Crippen molar-refractivity contribution in [3.05, 3.63) is 35.9 Å². The van der Waals surface area contributed by atoms with Crippen LogP contribution in [0.2, 0.25) is 0 Å². The first-order valence-electron chi connectivity index (χ1n) is 5.37. The van der Waals surface area contributed by atoms with Gasteiger partial charge in [-0.3, -0.25) is 11.3 Å². The third-order valence-corrected chi connectivity index (χ3v) is 2.47. The summed E-state index contributed by atoms with van der Waals surface area (Å²) in [5.41, 5.74) is 4.24. The molecule has 0 aromatic heterocycles. The van der Waals surface area contributed by atoms with Crippen LogP contribution in [0.3, 0.4) is 0 Å². The van der Waals surface area contributed by atoms with E-state index in [0.29, 0.717) is 6.04 Å². The van der Waals surface area contributed by atoms with Gasteiger partial charge in [-0.25, -0.2) is 0 Å². The maximum Gasteiger partial charge on any atom is 0.0250 e. The van der Waals surface area contributed by atoms with E-state index in [9.17, 15) is 0 Å². The van der Waals surface area contributed by atoms with Gasteiger partial charge < -0.3 is 0 Å². The smallest absolute Gasteiger partial charge is 0.0250 e. The SMILES string of the molecule is CCCC[C@@H](Cc1ccccc1)NN. The number of hydrazine groups is 1.